The van der Waals surface area contributed by atoms with Gasteiger partial charge in [-0.05, 0) is 96.4 Å². The van der Waals surface area contributed by atoms with Crippen LogP contribution in [0.4, 0.5) is 0 Å². The number of nitrogens with zero attached hydrogens (tertiary/aromatic N) is 4. The Labute approximate surface area is 237 Å². The molecule has 6 nitrogen and oxygen atoms in total. The van der Waals surface area contributed by atoms with Crippen LogP contribution in [-0.4, -0.2) is 71.7 Å². The molecule has 0 bridgehead atoms. The van der Waals surface area contributed by atoms with E-state index in [2.05, 4.69) is 87.6 Å². The standard InChI is InChI=1S/C33H52N4O2/c1-22(2)18-34-26(7)30-16-24(5)14-28(32(30)38)20-36(9)12-11-13-37(10)21-29-15-25(6)17-31(33(29)39)27(8)35-19-23(3)4/h14-17,22-23,38-39H,11-13,18-21H2,1-10H3/b34-26+,35-27+. The van der Waals surface area contributed by atoms with Crippen LogP contribution in [0.3, 0.4) is 0 Å². The minimum absolute atomic E-state index is 0.340. The van der Waals surface area contributed by atoms with Crippen LogP contribution in [0.25, 0.3) is 0 Å². The Balaban J connectivity index is 1.99. The molecular weight excluding hydrogens is 484 g/mol. The van der Waals surface area contributed by atoms with Crippen molar-refractivity contribution in [2.75, 3.05) is 40.3 Å². The summed E-state index contributed by atoms with van der Waals surface area (Å²) < 4.78 is 0. The molecule has 0 heterocycles. The number of phenolic OH excluding ortho intramolecular Hbond substituents is 2. The first-order chi connectivity index (χ1) is 18.3. The van der Waals surface area contributed by atoms with E-state index in [0.717, 1.165) is 77.4 Å². The Hall–Kier alpha value is -2.70. The molecule has 0 saturated carbocycles. The van der Waals surface area contributed by atoms with Gasteiger partial charge in [-0.2, -0.15) is 0 Å². The van der Waals surface area contributed by atoms with Crippen molar-refractivity contribution in [2.45, 2.75) is 74.9 Å². The first-order valence-electron chi connectivity index (χ1n) is 14.3. The summed E-state index contributed by atoms with van der Waals surface area (Å²) in [6.45, 7) is 21.4. The van der Waals surface area contributed by atoms with Gasteiger partial charge in [-0.1, -0.05) is 39.8 Å². The van der Waals surface area contributed by atoms with E-state index in [1.54, 1.807) is 0 Å². The fourth-order valence-corrected chi connectivity index (χ4v) is 4.66. The molecule has 0 aromatic heterocycles. The molecule has 216 valence electrons. The summed E-state index contributed by atoms with van der Waals surface area (Å²) in [7, 11) is 4.19. The lowest BCUT2D eigenvalue weighted by Gasteiger charge is -2.22. The number of phenols is 2. The van der Waals surface area contributed by atoms with Gasteiger partial charge in [-0.25, -0.2) is 0 Å². The lowest BCUT2D eigenvalue weighted by molar-refractivity contribution is 0.266. The van der Waals surface area contributed by atoms with Crippen LogP contribution in [0.15, 0.2) is 34.3 Å². The Morgan fingerprint density at radius 1 is 0.692 bits per heavy atom. The van der Waals surface area contributed by atoms with Crippen molar-refractivity contribution in [2.24, 2.45) is 21.8 Å². The molecule has 2 N–H and O–H groups in total. The van der Waals surface area contributed by atoms with Gasteiger partial charge in [0.05, 0.1) is 0 Å². The highest BCUT2D eigenvalue weighted by Gasteiger charge is 2.15. The third-order valence-electron chi connectivity index (χ3n) is 6.79. The monoisotopic (exact) mass is 536 g/mol. The van der Waals surface area contributed by atoms with Crippen LogP contribution in [0, 0.1) is 25.7 Å². The summed E-state index contributed by atoms with van der Waals surface area (Å²) in [6.07, 6.45) is 0.982. The van der Waals surface area contributed by atoms with Crippen molar-refractivity contribution in [3.63, 3.8) is 0 Å². The molecular formula is C33H52N4O2. The minimum atomic E-state index is 0.340. The number of hydrogen-bond donors (Lipinski definition) is 2. The van der Waals surface area contributed by atoms with Crippen molar-refractivity contribution >= 4 is 11.4 Å². The largest absolute Gasteiger partial charge is 0.507 e. The first-order valence-corrected chi connectivity index (χ1v) is 14.3. The quantitative estimate of drug-likeness (QED) is 0.267. The molecule has 0 spiro atoms. The minimum Gasteiger partial charge on any atom is -0.507 e. The second-order valence-electron chi connectivity index (χ2n) is 12.1. The van der Waals surface area contributed by atoms with Crippen LogP contribution in [0.2, 0.25) is 0 Å². The second kappa shape index (κ2) is 15.2. The van der Waals surface area contributed by atoms with Gasteiger partial charge in [0.1, 0.15) is 11.5 Å². The summed E-state index contributed by atoms with van der Waals surface area (Å²) in [5, 5.41) is 22.0. The highest BCUT2D eigenvalue weighted by Crippen LogP contribution is 2.28. The van der Waals surface area contributed by atoms with Gasteiger partial charge in [0.15, 0.2) is 0 Å². The zero-order valence-electron chi connectivity index (χ0n) is 26.1. The fraction of sp³-hybridized carbons (Fsp3) is 0.576. The van der Waals surface area contributed by atoms with Gasteiger partial charge in [-0.15, -0.1) is 0 Å². The zero-order chi connectivity index (χ0) is 29.3. The molecule has 0 radical (unpaired) electrons. The van der Waals surface area contributed by atoms with Crippen molar-refractivity contribution in [1.82, 2.24) is 9.80 Å². The average Bonchev–Trinajstić information content (AvgIpc) is 2.84. The predicted octanol–water partition coefficient (Wildman–Crippen LogP) is 6.60. The van der Waals surface area contributed by atoms with Crippen molar-refractivity contribution in [3.05, 3.63) is 57.6 Å². The molecule has 0 fully saturated rings. The molecule has 2 rings (SSSR count). The first kappa shape index (κ1) is 32.5. The van der Waals surface area contributed by atoms with Gasteiger partial charge < -0.3 is 20.0 Å². The number of hydrogen-bond acceptors (Lipinski definition) is 6. The smallest absolute Gasteiger partial charge is 0.129 e. The average molecular weight is 537 g/mol. The molecule has 2 aromatic carbocycles. The van der Waals surface area contributed by atoms with Crippen LogP contribution >= 0.6 is 0 Å². The molecule has 0 aliphatic heterocycles. The topological polar surface area (TPSA) is 71.7 Å². The molecule has 0 saturated heterocycles. The van der Waals surface area contributed by atoms with Gasteiger partial charge in [-0.3, -0.25) is 9.98 Å². The third-order valence-corrected chi connectivity index (χ3v) is 6.79. The molecule has 0 amide bonds. The molecule has 6 heteroatoms. The van der Waals surface area contributed by atoms with E-state index in [1.807, 2.05) is 26.0 Å². The van der Waals surface area contributed by atoms with E-state index in [1.165, 1.54) is 0 Å². The number of benzene rings is 2. The van der Waals surface area contributed by atoms with Crippen LogP contribution in [0.5, 0.6) is 11.5 Å². The molecule has 39 heavy (non-hydrogen) atoms. The Kier molecular flexibility index (Phi) is 12.7. The van der Waals surface area contributed by atoms with Crippen LogP contribution in [0.1, 0.15) is 81.3 Å². The number of aliphatic imine (C=N–C) groups is 2. The van der Waals surface area contributed by atoms with Gasteiger partial charge in [0.25, 0.3) is 0 Å². The third kappa shape index (κ3) is 10.4. The molecule has 0 atom stereocenters. The number of aromatic hydroxyl groups is 2. The van der Waals surface area contributed by atoms with Crippen LogP contribution < -0.4 is 0 Å². The highest BCUT2D eigenvalue weighted by molar-refractivity contribution is 6.02. The van der Waals surface area contributed by atoms with Gasteiger partial charge in [0.2, 0.25) is 0 Å². The Morgan fingerprint density at radius 2 is 1.05 bits per heavy atom. The SMILES string of the molecule is C/C(=N\CC(C)C)c1cc(C)cc(CN(C)CCCN(C)Cc2cc(C)cc(/C(C)=N/CC(C)C)c2O)c1O. The maximum Gasteiger partial charge on any atom is 0.129 e. The van der Waals surface area contributed by atoms with Crippen molar-refractivity contribution in [3.8, 4) is 11.5 Å². The van der Waals surface area contributed by atoms with Gasteiger partial charge in [0, 0.05) is 59.9 Å². The zero-order valence-corrected chi connectivity index (χ0v) is 26.1. The number of rotatable bonds is 14. The summed E-state index contributed by atoms with van der Waals surface area (Å²) in [4.78, 5) is 13.9. The lowest BCUT2D eigenvalue weighted by atomic mass is 10.0. The molecule has 0 unspecified atom stereocenters. The normalized spacial score (nSPS) is 13.0. The summed E-state index contributed by atoms with van der Waals surface area (Å²) >= 11 is 0. The summed E-state index contributed by atoms with van der Waals surface area (Å²) in [5.74, 6) is 1.65. The lowest BCUT2D eigenvalue weighted by Crippen LogP contribution is -2.25. The summed E-state index contributed by atoms with van der Waals surface area (Å²) in [6, 6.07) is 8.19. The predicted molar refractivity (Wildman–Crippen MR) is 167 cm³/mol. The van der Waals surface area contributed by atoms with E-state index < -0.39 is 0 Å². The van der Waals surface area contributed by atoms with Crippen molar-refractivity contribution < 1.29 is 10.2 Å². The fourth-order valence-electron chi connectivity index (χ4n) is 4.66. The van der Waals surface area contributed by atoms with E-state index in [4.69, 9.17) is 0 Å². The molecule has 0 aliphatic rings. The van der Waals surface area contributed by atoms with E-state index in [-0.39, 0.29) is 0 Å². The van der Waals surface area contributed by atoms with Gasteiger partial charge >= 0.3 is 0 Å². The Bertz CT molecular complexity index is 1060. The molecule has 2 aromatic rings. The van der Waals surface area contributed by atoms with E-state index >= 15 is 0 Å². The molecule has 0 aliphatic carbocycles. The maximum atomic E-state index is 11.0. The number of aryl methyl sites for hydroxylation is 2. The van der Waals surface area contributed by atoms with E-state index in [9.17, 15) is 10.2 Å². The highest BCUT2D eigenvalue weighted by atomic mass is 16.3. The van der Waals surface area contributed by atoms with Crippen LogP contribution in [-0.2, 0) is 13.1 Å². The van der Waals surface area contributed by atoms with Crippen molar-refractivity contribution in [1.29, 1.82) is 0 Å². The van der Waals surface area contributed by atoms with E-state index in [0.29, 0.717) is 36.4 Å². The second-order valence-corrected chi connectivity index (χ2v) is 12.1. The summed E-state index contributed by atoms with van der Waals surface area (Å²) in [5.41, 5.74) is 7.58. The Morgan fingerprint density at radius 3 is 1.38 bits per heavy atom. The maximum absolute atomic E-state index is 11.0.